The maximum absolute atomic E-state index is 11.4. The molecule has 2 unspecified atom stereocenters. The summed E-state index contributed by atoms with van der Waals surface area (Å²) in [6.07, 6.45) is 4.36. The summed E-state index contributed by atoms with van der Waals surface area (Å²) in [5.74, 6) is 0.767. The van der Waals surface area contributed by atoms with Gasteiger partial charge in [0.05, 0.1) is 0 Å². The number of rotatable bonds is 6. The number of aryl methyl sites for hydroxylation is 1. The fraction of sp³-hybridized carbons (Fsp3) is 0.368. The summed E-state index contributed by atoms with van der Waals surface area (Å²) in [5, 5.41) is 3.73. The molecule has 0 radical (unpaired) electrons. The van der Waals surface area contributed by atoms with Gasteiger partial charge in [-0.05, 0) is 54.5 Å². The van der Waals surface area contributed by atoms with Crippen molar-refractivity contribution in [1.29, 1.82) is 0 Å². The van der Waals surface area contributed by atoms with Crippen LogP contribution in [0.3, 0.4) is 0 Å². The van der Waals surface area contributed by atoms with Crippen molar-refractivity contribution in [3.05, 3.63) is 65.2 Å². The fourth-order valence-corrected chi connectivity index (χ4v) is 3.44. The Balaban J connectivity index is 1.70. The molecule has 1 aliphatic rings. The molecule has 2 aromatic carbocycles. The summed E-state index contributed by atoms with van der Waals surface area (Å²) in [7, 11) is -0.900. The van der Waals surface area contributed by atoms with Crippen LogP contribution in [0, 0.1) is 12.8 Å². The van der Waals surface area contributed by atoms with Gasteiger partial charge >= 0.3 is 0 Å². The van der Waals surface area contributed by atoms with E-state index in [2.05, 4.69) is 48.6 Å². The molecule has 2 aromatic rings. The molecule has 0 bridgehead atoms. The molecule has 1 saturated carbocycles. The van der Waals surface area contributed by atoms with Crippen molar-refractivity contribution in [1.82, 2.24) is 5.32 Å². The molecular formula is C19H23NOS. The van der Waals surface area contributed by atoms with Crippen molar-refractivity contribution in [3.8, 4) is 0 Å². The molecule has 1 aliphatic carbocycles. The topological polar surface area (TPSA) is 29.1 Å². The number of hydrogen-bond acceptors (Lipinski definition) is 2. The van der Waals surface area contributed by atoms with Crippen LogP contribution >= 0.6 is 0 Å². The van der Waals surface area contributed by atoms with Gasteiger partial charge in [-0.25, -0.2) is 0 Å². The van der Waals surface area contributed by atoms with E-state index in [9.17, 15) is 4.21 Å². The second kappa shape index (κ2) is 6.76. The van der Waals surface area contributed by atoms with E-state index in [-0.39, 0.29) is 0 Å². The zero-order valence-corrected chi connectivity index (χ0v) is 14.0. The van der Waals surface area contributed by atoms with Crippen molar-refractivity contribution in [2.24, 2.45) is 5.92 Å². The second-order valence-corrected chi connectivity index (χ2v) is 7.53. The summed E-state index contributed by atoms with van der Waals surface area (Å²) < 4.78 is 11.4. The highest BCUT2D eigenvalue weighted by molar-refractivity contribution is 7.84. The molecule has 1 fully saturated rings. The average Bonchev–Trinajstić information content (AvgIpc) is 3.34. The maximum atomic E-state index is 11.4. The molecule has 2 nitrogen and oxygen atoms in total. The molecule has 0 amide bonds. The Labute approximate surface area is 135 Å². The standard InChI is InChI=1S/C19H23NOS/c1-14-5-3-4-6-18(14)19(16-9-10-16)20-13-15-7-11-17(12-8-15)22(2)21/h3-8,11-12,16,19-20H,9-10,13H2,1-2H3. The zero-order valence-electron chi connectivity index (χ0n) is 13.2. The van der Waals surface area contributed by atoms with E-state index in [1.807, 2.05) is 12.1 Å². The summed E-state index contributed by atoms with van der Waals surface area (Å²) in [6, 6.07) is 17.2. The highest BCUT2D eigenvalue weighted by Gasteiger charge is 2.32. The van der Waals surface area contributed by atoms with E-state index in [0.29, 0.717) is 6.04 Å². The van der Waals surface area contributed by atoms with Crippen LogP contribution in [0.1, 0.15) is 35.6 Å². The number of hydrogen-bond donors (Lipinski definition) is 1. The molecule has 22 heavy (non-hydrogen) atoms. The minimum atomic E-state index is -0.900. The van der Waals surface area contributed by atoms with Crippen molar-refractivity contribution in [2.75, 3.05) is 6.26 Å². The predicted molar refractivity (Wildman–Crippen MR) is 92.3 cm³/mol. The summed E-state index contributed by atoms with van der Waals surface area (Å²) in [4.78, 5) is 0.890. The highest BCUT2D eigenvalue weighted by atomic mass is 32.2. The molecule has 1 N–H and O–H groups in total. The van der Waals surface area contributed by atoms with Gasteiger partial charge in [0.1, 0.15) is 0 Å². The Morgan fingerprint density at radius 2 is 1.82 bits per heavy atom. The summed E-state index contributed by atoms with van der Waals surface area (Å²) >= 11 is 0. The molecule has 2 atom stereocenters. The third-order valence-electron chi connectivity index (χ3n) is 4.40. The second-order valence-electron chi connectivity index (χ2n) is 6.15. The van der Waals surface area contributed by atoms with Gasteiger partial charge in [0.15, 0.2) is 0 Å². The number of nitrogens with one attached hydrogen (secondary N) is 1. The summed E-state index contributed by atoms with van der Waals surface area (Å²) in [5.41, 5.74) is 4.04. The van der Waals surface area contributed by atoms with Gasteiger partial charge < -0.3 is 5.32 Å². The third kappa shape index (κ3) is 3.65. The van der Waals surface area contributed by atoms with E-state index in [1.54, 1.807) is 6.26 Å². The molecular weight excluding hydrogens is 290 g/mol. The minimum Gasteiger partial charge on any atom is -0.306 e. The van der Waals surface area contributed by atoms with Crippen LogP contribution < -0.4 is 5.32 Å². The number of benzene rings is 2. The predicted octanol–water partition coefficient (Wildman–Crippen LogP) is 3.97. The first-order chi connectivity index (χ1) is 10.6. The van der Waals surface area contributed by atoms with Gasteiger partial charge in [0, 0.05) is 34.5 Å². The normalized spacial score (nSPS) is 17.2. The van der Waals surface area contributed by atoms with Crippen LogP contribution in [0.15, 0.2) is 53.4 Å². The van der Waals surface area contributed by atoms with Gasteiger partial charge in [-0.2, -0.15) is 0 Å². The van der Waals surface area contributed by atoms with Gasteiger partial charge in [0.25, 0.3) is 0 Å². The lowest BCUT2D eigenvalue weighted by atomic mass is 9.97. The zero-order chi connectivity index (χ0) is 15.5. The quantitative estimate of drug-likeness (QED) is 0.874. The van der Waals surface area contributed by atoms with Crippen molar-refractivity contribution in [3.63, 3.8) is 0 Å². The van der Waals surface area contributed by atoms with E-state index < -0.39 is 10.8 Å². The van der Waals surface area contributed by atoms with Crippen LogP contribution in [0.5, 0.6) is 0 Å². The lowest BCUT2D eigenvalue weighted by molar-refractivity contribution is 0.478. The Hall–Kier alpha value is -1.45. The van der Waals surface area contributed by atoms with E-state index in [0.717, 1.165) is 17.4 Å². The first-order valence-corrected chi connectivity index (χ1v) is 9.42. The van der Waals surface area contributed by atoms with Crippen LogP contribution in [0.4, 0.5) is 0 Å². The minimum absolute atomic E-state index is 0.446. The SMILES string of the molecule is Cc1ccccc1C(NCc1ccc(S(C)=O)cc1)C1CC1. The first kappa shape index (κ1) is 15.4. The smallest absolute Gasteiger partial charge is 0.0498 e. The monoisotopic (exact) mass is 313 g/mol. The van der Waals surface area contributed by atoms with Crippen LogP contribution in [0.2, 0.25) is 0 Å². The van der Waals surface area contributed by atoms with Crippen LogP contribution in [0.25, 0.3) is 0 Å². The molecule has 116 valence electrons. The van der Waals surface area contributed by atoms with Crippen molar-refractivity contribution < 1.29 is 4.21 Å². The van der Waals surface area contributed by atoms with Gasteiger partial charge in [-0.1, -0.05) is 36.4 Å². The Kier molecular flexibility index (Phi) is 4.74. The Morgan fingerprint density at radius 3 is 2.41 bits per heavy atom. The van der Waals surface area contributed by atoms with Gasteiger partial charge in [-0.3, -0.25) is 4.21 Å². The van der Waals surface area contributed by atoms with E-state index in [4.69, 9.17) is 0 Å². The lowest BCUT2D eigenvalue weighted by Crippen LogP contribution is -2.23. The third-order valence-corrected chi connectivity index (χ3v) is 5.33. The first-order valence-electron chi connectivity index (χ1n) is 7.86. The van der Waals surface area contributed by atoms with E-state index in [1.165, 1.54) is 29.5 Å². The van der Waals surface area contributed by atoms with Gasteiger partial charge in [0.2, 0.25) is 0 Å². The van der Waals surface area contributed by atoms with Crippen molar-refractivity contribution in [2.45, 2.75) is 37.2 Å². The van der Waals surface area contributed by atoms with Crippen molar-refractivity contribution >= 4 is 10.8 Å². The largest absolute Gasteiger partial charge is 0.306 e. The molecule has 3 rings (SSSR count). The highest BCUT2D eigenvalue weighted by Crippen LogP contribution is 2.41. The average molecular weight is 313 g/mol. The molecule has 0 spiro atoms. The Bertz CT molecular complexity index is 661. The molecule has 3 heteroatoms. The van der Waals surface area contributed by atoms with Gasteiger partial charge in [-0.15, -0.1) is 0 Å². The maximum Gasteiger partial charge on any atom is 0.0498 e. The molecule has 0 aliphatic heterocycles. The Morgan fingerprint density at radius 1 is 1.14 bits per heavy atom. The summed E-state index contributed by atoms with van der Waals surface area (Å²) in [6.45, 7) is 3.05. The molecule has 0 heterocycles. The fourth-order valence-electron chi connectivity index (χ4n) is 2.92. The molecule has 0 aromatic heterocycles. The van der Waals surface area contributed by atoms with Crippen LogP contribution in [-0.4, -0.2) is 10.5 Å². The van der Waals surface area contributed by atoms with Crippen LogP contribution in [-0.2, 0) is 17.3 Å². The van der Waals surface area contributed by atoms with E-state index >= 15 is 0 Å². The molecule has 0 saturated heterocycles. The lowest BCUT2D eigenvalue weighted by Gasteiger charge is -2.21.